The number of hydrogen-bond acceptors (Lipinski definition) is 4. The quantitative estimate of drug-likeness (QED) is 0.885. The van der Waals surface area contributed by atoms with Crippen LogP contribution in [0, 0.1) is 0 Å². The van der Waals surface area contributed by atoms with Crippen molar-refractivity contribution in [2.45, 2.75) is 11.8 Å². The molecule has 0 amide bonds. The lowest BCUT2D eigenvalue weighted by molar-refractivity contribution is 0.856. The fraction of sp³-hybridized carbons (Fsp3) is 0.200. The Labute approximate surface area is 106 Å². The lowest BCUT2D eigenvalue weighted by Crippen LogP contribution is -2.03. The van der Waals surface area contributed by atoms with Gasteiger partial charge < -0.3 is 5.73 Å². The highest BCUT2D eigenvalue weighted by molar-refractivity contribution is 9.10. The molecule has 0 saturated carbocycles. The van der Waals surface area contributed by atoms with E-state index in [0.717, 1.165) is 20.9 Å². The number of aromatic nitrogens is 3. The molecule has 0 unspecified atom stereocenters. The van der Waals surface area contributed by atoms with Crippen molar-refractivity contribution >= 4 is 33.5 Å². The first-order valence-electron chi connectivity index (χ1n) is 4.80. The second-order valence-electron chi connectivity index (χ2n) is 3.07. The Bertz CT molecular complexity index is 480. The Balaban J connectivity index is 2.37. The van der Waals surface area contributed by atoms with Gasteiger partial charge in [-0.1, -0.05) is 6.92 Å². The van der Waals surface area contributed by atoms with Gasteiger partial charge in [-0.15, -0.1) is 11.8 Å². The molecule has 2 N–H and O–H groups in total. The minimum Gasteiger partial charge on any atom is -0.383 e. The third-order valence-electron chi connectivity index (χ3n) is 2.00. The molecule has 0 bridgehead atoms. The number of hydrogen-bond donors (Lipinski definition) is 1. The van der Waals surface area contributed by atoms with Crippen LogP contribution in [-0.4, -0.2) is 20.5 Å². The van der Waals surface area contributed by atoms with Crippen molar-refractivity contribution in [2.24, 2.45) is 0 Å². The molecule has 0 aliphatic rings. The topological polar surface area (TPSA) is 56.7 Å². The second kappa shape index (κ2) is 4.88. The van der Waals surface area contributed by atoms with Crippen molar-refractivity contribution in [1.82, 2.24) is 14.8 Å². The first-order chi connectivity index (χ1) is 7.72. The lowest BCUT2D eigenvalue weighted by Gasteiger charge is -2.03. The van der Waals surface area contributed by atoms with E-state index in [1.807, 2.05) is 12.1 Å². The van der Waals surface area contributed by atoms with Crippen molar-refractivity contribution in [2.75, 3.05) is 11.5 Å². The maximum Gasteiger partial charge on any atom is 0.155 e. The summed E-state index contributed by atoms with van der Waals surface area (Å²) >= 11 is 5.01. The van der Waals surface area contributed by atoms with E-state index in [4.69, 9.17) is 5.73 Å². The molecule has 0 aliphatic heterocycles. The first-order valence-corrected chi connectivity index (χ1v) is 6.58. The summed E-state index contributed by atoms with van der Waals surface area (Å²) in [4.78, 5) is 5.24. The molecule has 0 aliphatic carbocycles. The SMILES string of the molecule is CCSc1cnn(-c2ccc(Br)cn2)c1N. The third kappa shape index (κ3) is 2.22. The Kier molecular flexibility index (Phi) is 3.50. The van der Waals surface area contributed by atoms with E-state index in [1.54, 1.807) is 28.8 Å². The fourth-order valence-electron chi connectivity index (χ4n) is 1.29. The van der Waals surface area contributed by atoms with Crippen LogP contribution in [0.1, 0.15) is 6.92 Å². The summed E-state index contributed by atoms with van der Waals surface area (Å²) in [6.45, 7) is 2.08. The molecule has 6 heteroatoms. The van der Waals surface area contributed by atoms with Crippen molar-refractivity contribution in [3.63, 3.8) is 0 Å². The molecule has 2 aromatic heterocycles. The highest BCUT2D eigenvalue weighted by Crippen LogP contribution is 2.26. The van der Waals surface area contributed by atoms with E-state index >= 15 is 0 Å². The van der Waals surface area contributed by atoms with Gasteiger partial charge in [0, 0.05) is 10.7 Å². The molecule has 16 heavy (non-hydrogen) atoms. The maximum atomic E-state index is 5.99. The van der Waals surface area contributed by atoms with Crippen molar-refractivity contribution < 1.29 is 0 Å². The number of pyridine rings is 1. The number of rotatable bonds is 3. The molecule has 0 fully saturated rings. The van der Waals surface area contributed by atoms with Crippen LogP contribution in [-0.2, 0) is 0 Å². The summed E-state index contributed by atoms with van der Waals surface area (Å²) in [7, 11) is 0. The number of anilines is 1. The fourth-order valence-corrected chi connectivity index (χ4v) is 2.19. The van der Waals surface area contributed by atoms with Gasteiger partial charge in [0.25, 0.3) is 0 Å². The van der Waals surface area contributed by atoms with Crippen LogP contribution in [0.5, 0.6) is 0 Å². The van der Waals surface area contributed by atoms with Gasteiger partial charge in [0.05, 0.1) is 11.1 Å². The minimum atomic E-state index is 0.640. The Hall–Kier alpha value is -1.01. The molecule has 84 valence electrons. The molecule has 4 nitrogen and oxygen atoms in total. The third-order valence-corrected chi connectivity index (χ3v) is 3.38. The van der Waals surface area contributed by atoms with Crippen LogP contribution < -0.4 is 5.73 Å². The van der Waals surface area contributed by atoms with Gasteiger partial charge >= 0.3 is 0 Å². The standard InChI is InChI=1S/C10H11BrN4S/c1-2-16-8-6-14-15(10(8)12)9-4-3-7(11)5-13-9/h3-6H,2,12H2,1H3. The number of nitrogen functional groups attached to an aromatic ring is 1. The van der Waals surface area contributed by atoms with Gasteiger partial charge in [0.2, 0.25) is 0 Å². The summed E-state index contributed by atoms with van der Waals surface area (Å²) in [5, 5.41) is 4.23. The van der Waals surface area contributed by atoms with Gasteiger partial charge in [-0.2, -0.15) is 9.78 Å². The van der Waals surface area contributed by atoms with Crippen LogP contribution in [0.2, 0.25) is 0 Å². The Morgan fingerprint density at radius 1 is 1.44 bits per heavy atom. The normalized spacial score (nSPS) is 10.6. The highest BCUT2D eigenvalue weighted by Gasteiger charge is 2.09. The maximum absolute atomic E-state index is 5.99. The first kappa shape index (κ1) is 11.5. The molecule has 2 heterocycles. The van der Waals surface area contributed by atoms with Gasteiger partial charge in [-0.3, -0.25) is 0 Å². The summed E-state index contributed by atoms with van der Waals surface area (Å²) in [5.41, 5.74) is 5.99. The molecule has 2 rings (SSSR count). The van der Waals surface area contributed by atoms with Crippen LogP contribution in [0.15, 0.2) is 33.9 Å². The zero-order chi connectivity index (χ0) is 11.5. The van der Waals surface area contributed by atoms with E-state index in [9.17, 15) is 0 Å². The monoisotopic (exact) mass is 298 g/mol. The molecular weight excluding hydrogens is 288 g/mol. The molecule has 2 aromatic rings. The zero-order valence-corrected chi connectivity index (χ0v) is 11.1. The predicted molar refractivity (Wildman–Crippen MR) is 69.9 cm³/mol. The average molecular weight is 299 g/mol. The van der Waals surface area contributed by atoms with Gasteiger partial charge in [-0.25, -0.2) is 4.98 Å². The average Bonchev–Trinajstić information content (AvgIpc) is 2.63. The molecule has 0 atom stereocenters. The van der Waals surface area contributed by atoms with E-state index in [0.29, 0.717) is 5.82 Å². The predicted octanol–water partition coefficient (Wildman–Crippen LogP) is 2.72. The summed E-state index contributed by atoms with van der Waals surface area (Å²) < 4.78 is 2.58. The molecule has 0 spiro atoms. The number of thioether (sulfide) groups is 1. The van der Waals surface area contributed by atoms with Crippen LogP contribution in [0.25, 0.3) is 5.82 Å². The number of nitrogens with zero attached hydrogens (tertiary/aromatic N) is 3. The van der Waals surface area contributed by atoms with Crippen molar-refractivity contribution in [3.05, 3.63) is 29.0 Å². The molecule has 0 saturated heterocycles. The molecule has 0 aromatic carbocycles. The highest BCUT2D eigenvalue weighted by atomic mass is 79.9. The van der Waals surface area contributed by atoms with E-state index in [-0.39, 0.29) is 0 Å². The molecular formula is C10H11BrN4S. The molecule has 0 radical (unpaired) electrons. The summed E-state index contributed by atoms with van der Waals surface area (Å²) in [6.07, 6.45) is 3.50. The van der Waals surface area contributed by atoms with Gasteiger partial charge in [-0.05, 0) is 33.8 Å². The Morgan fingerprint density at radius 3 is 2.88 bits per heavy atom. The van der Waals surface area contributed by atoms with Gasteiger partial charge in [0.1, 0.15) is 5.82 Å². The van der Waals surface area contributed by atoms with Crippen molar-refractivity contribution in [1.29, 1.82) is 0 Å². The van der Waals surface area contributed by atoms with Crippen LogP contribution in [0.3, 0.4) is 0 Å². The van der Waals surface area contributed by atoms with Crippen LogP contribution in [0.4, 0.5) is 5.82 Å². The van der Waals surface area contributed by atoms with Gasteiger partial charge in [0.15, 0.2) is 5.82 Å². The number of nitrogens with two attached hydrogens (primary N) is 1. The summed E-state index contributed by atoms with van der Waals surface area (Å²) in [5.74, 6) is 2.34. The summed E-state index contributed by atoms with van der Waals surface area (Å²) in [6, 6.07) is 3.78. The number of halogens is 1. The minimum absolute atomic E-state index is 0.640. The second-order valence-corrected chi connectivity index (χ2v) is 5.30. The van der Waals surface area contributed by atoms with E-state index in [2.05, 4.69) is 32.9 Å². The van der Waals surface area contributed by atoms with Crippen molar-refractivity contribution in [3.8, 4) is 5.82 Å². The lowest BCUT2D eigenvalue weighted by atomic mass is 10.4. The largest absolute Gasteiger partial charge is 0.383 e. The van der Waals surface area contributed by atoms with Crippen LogP contribution >= 0.6 is 27.7 Å². The van der Waals surface area contributed by atoms with E-state index in [1.165, 1.54) is 0 Å². The van der Waals surface area contributed by atoms with E-state index < -0.39 is 0 Å². The zero-order valence-electron chi connectivity index (χ0n) is 8.72. The Morgan fingerprint density at radius 2 is 2.25 bits per heavy atom. The smallest absolute Gasteiger partial charge is 0.155 e.